The molecule has 0 aromatic heterocycles. The third kappa shape index (κ3) is 5.81. The van der Waals surface area contributed by atoms with Crippen molar-refractivity contribution in [1.29, 1.82) is 0 Å². The Bertz CT molecular complexity index is 1170. The Hall–Kier alpha value is -3.42. The van der Waals surface area contributed by atoms with Gasteiger partial charge in [0.2, 0.25) is 5.90 Å². The van der Waals surface area contributed by atoms with Gasteiger partial charge in [0.1, 0.15) is 0 Å². The summed E-state index contributed by atoms with van der Waals surface area (Å²) in [6, 6.07) is 9.60. The lowest BCUT2D eigenvalue weighted by Gasteiger charge is -2.09. The molecule has 0 amide bonds. The normalized spacial score (nSPS) is 14.5. The molecule has 3 rings (SSSR count). The molecule has 0 aliphatic carbocycles. The van der Waals surface area contributed by atoms with Crippen LogP contribution in [0.1, 0.15) is 25.0 Å². The maximum absolute atomic E-state index is 12.2. The van der Waals surface area contributed by atoms with Gasteiger partial charge in [-0.3, -0.25) is 9.59 Å². The van der Waals surface area contributed by atoms with Gasteiger partial charge in [0, 0.05) is 19.9 Å². The number of benzene rings is 2. The summed E-state index contributed by atoms with van der Waals surface area (Å²) in [6.45, 7) is 2.44. The molecule has 0 radical (unpaired) electrons. The van der Waals surface area contributed by atoms with Crippen molar-refractivity contribution in [3.05, 3.63) is 69.3 Å². The molecule has 31 heavy (non-hydrogen) atoms. The van der Waals surface area contributed by atoms with Gasteiger partial charge in [-0.25, -0.2) is 9.79 Å². The van der Waals surface area contributed by atoms with Crippen LogP contribution < -0.4 is 9.47 Å². The standard InChI is InChI=1S/C22H15Cl2NO6/c1-12(26)29-18-8-6-14(11-19(18)30-13(2)27)10-17-22(28)31-20(25-17)9-7-15-4-3-5-16(23)21(15)24/h3-11H,1-2H3. The number of halogens is 2. The summed E-state index contributed by atoms with van der Waals surface area (Å²) in [6.07, 6.45) is 4.56. The molecule has 2 aromatic carbocycles. The van der Waals surface area contributed by atoms with Gasteiger partial charge in [-0.05, 0) is 41.5 Å². The Morgan fingerprint density at radius 2 is 1.71 bits per heavy atom. The number of ether oxygens (including phenoxy) is 3. The van der Waals surface area contributed by atoms with E-state index >= 15 is 0 Å². The van der Waals surface area contributed by atoms with Gasteiger partial charge in [0.05, 0.1) is 10.0 Å². The van der Waals surface area contributed by atoms with E-state index in [1.165, 1.54) is 38.1 Å². The summed E-state index contributed by atoms with van der Waals surface area (Å²) in [4.78, 5) is 38.9. The molecule has 0 N–H and O–H groups in total. The fraction of sp³-hybridized carbons (Fsp3) is 0.0909. The minimum Gasteiger partial charge on any atom is -0.423 e. The third-order valence-corrected chi connectivity index (χ3v) is 4.64. The average molecular weight is 460 g/mol. The Labute approximate surface area is 187 Å². The third-order valence-electron chi connectivity index (χ3n) is 3.80. The van der Waals surface area contributed by atoms with Crippen LogP contribution in [0.3, 0.4) is 0 Å². The van der Waals surface area contributed by atoms with Gasteiger partial charge in [-0.15, -0.1) is 0 Å². The number of hydrogen-bond donors (Lipinski definition) is 0. The van der Waals surface area contributed by atoms with Crippen LogP contribution in [0.25, 0.3) is 12.2 Å². The predicted molar refractivity (Wildman–Crippen MR) is 116 cm³/mol. The Kier molecular flexibility index (Phi) is 6.89. The molecule has 1 aliphatic heterocycles. The minimum atomic E-state index is -0.657. The summed E-state index contributed by atoms with van der Waals surface area (Å²) >= 11 is 12.1. The topological polar surface area (TPSA) is 91.3 Å². The second kappa shape index (κ2) is 9.59. The van der Waals surface area contributed by atoms with E-state index in [2.05, 4.69) is 4.99 Å². The van der Waals surface area contributed by atoms with Crippen LogP contribution in [0.15, 0.2) is 53.2 Å². The van der Waals surface area contributed by atoms with Crippen LogP contribution in [0.4, 0.5) is 0 Å². The average Bonchev–Trinajstić information content (AvgIpc) is 3.03. The fourth-order valence-electron chi connectivity index (χ4n) is 2.55. The van der Waals surface area contributed by atoms with Gasteiger partial charge in [-0.2, -0.15) is 0 Å². The number of carbonyl (C=O) groups excluding carboxylic acids is 3. The second-order valence-electron chi connectivity index (χ2n) is 6.24. The first-order valence-corrected chi connectivity index (χ1v) is 9.64. The van der Waals surface area contributed by atoms with E-state index in [9.17, 15) is 14.4 Å². The second-order valence-corrected chi connectivity index (χ2v) is 7.02. The van der Waals surface area contributed by atoms with E-state index in [0.29, 0.717) is 21.2 Å². The smallest absolute Gasteiger partial charge is 0.363 e. The lowest BCUT2D eigenvalue weighted by atomic mass is 10.1. The summed E-state index contributed by atoms with van der Waals surface area (Å²) < 4.78 is 15.2. The van der Waals surface area contributed by atoms with Gasteiger partial charge in [0.15, 0.2) is 17.2 Å². The van der Waals surface area contributed by atoms with Crippen molar-refractivity contribution < 1.29 is 28.6 Å². The van der Waals surface area contributed by atoms with Crippen molar-refractivity contribution >= 4 is 59.2 Å². The molecule has 0 saturated carbocycles. The molecule has 9 heteroatoms. The van der Waals surface area contributed by atoms with Gasteiger partial charge in [-0.1, -0.05) is 41.4 Å². The van der Waals surface area contributed by atoms with Crippen molar-refractivity contribution in [3.63, 3.8) is 0 Å². The quantitative estimate of drug-likeness (QED) is 0.360. The Morgan fingerprint density at radius 3 is 2.42 bits per heavy atom. The first-order chi connectivity index (χ1) is 14.7. The van der Waals surface area contributed by atoms with Crippen LogP contribution in [-0.4, -0.2) is 23.8 Å². The van der Waals surface area contributed by atoms with Crippen molar-refractivity contribution in [1.82, 2.24) is 0 Å². The Balaban J connectivity index is 1.87. The number of carbonyl (C=O) groups is 3. The van der Waals surface area contributed by atoms with Gasteiger partial charge < -0.3 is 14.2 Å². The molecule has 158 valence electrons. The van der Waals surface area contributed by atoms with Crippen molar-refractivity contribution in [2.24, 2.45) is 4.99 Å². The highest BCUT2D eigenvalue weighted by Crippen LogP contribution is 2.30. The number of cyclic esters (lactones) is 1. The van der Waals surface area contributed by atoms with Gasteiger partial charge >= 0.3 is 17.9 Å². The highest BCUT2D eigenvalue weighted by atomic mass is 35.5. The number of esters is 3. The number of hydrogen-bond acceptors (Lipinski definition) is 7. The van der Waals surface area contributed by atoms with E-state index in [4.69, 9.17) is 37.4 Å². The van der Waals surface area contributed by atoms with Crippen LogP contribution in [0, 0.1) is 0 Å². The molecular formula is C22H15Cl2NO6. The molecule has 7 nitrogen and oxygen atoms in total. The highest BCUT2D eigenvalue weighted by Gasteiger charge is 2.22. The number of nitrogens with zero attached hydrogens (tertiary/aromatic N) is 1. The Morgan fingerprint density at radius 1 is 1.00 bits per heavy atom. The lowest BCUT2D eigenvalue weighted by molar-refractivity contribution is -0.134. The summed E-state index contributed by atoms with van der Waals surface area (Å²) in [5, 5.41) is 0.766. The van der Waals surface area contributed by atoms with Crippen molar-refractivity contribution in [2.75, 3.05) is 0 Å². The molecule has 1 heterocycles. The van der Waals surface area contributed by atoms with E-state index in [0.717, 1.165) is 0 Å². The van der Waals surface area contributed by atoms with Crippen molar-refractivity contribution in [3.8, 4) is 11.5 Å². The maximum atomic E-state index is 12.2. The molecule has 0 unspecified atom stereocenters. The lowest BCUT2D eigenvalue weighted by Crippen LogP contribution is -2.07. The van der Waals surface area contributed by atoms with Crippen molar-refractivity contribution in [2.45, 2.75) is 13.8 Å². The summed E-state index contributed by atoms with van der Waals surface area (Å²) in [5.41, 5.74) is 1.15. The van der Waals surface area contributed by atoms with Gasteiger partial charge in [0.25, 0.3) is 0 Å². The SMILES string of the molecule is CC(=O)Oc1ccc(C=C2N=C(C=Cc3cccc(Cl)c3Cl)OC2=O)cc1OC(C)=O. The maximum Gasteiger partial charge on any atom is 0.363 e. The monoisotopic (exact) mass is 459 g/mol. The molecule has 0 spiro atoms. The molecule has 0 bridgehead atoms. The molecule has 0 atom stereocenters. The number of rotatable bonds is 5. The fourth-order valence-corrected chi connectivity index (χ4v) is 2.92. The molecular weight excluding hydrogens is 445 g/mol. The molecule has 1 aliphatic rings. The largest absolute Gasteiger partial charge is 0.423 e. The molecule has 2 aromatic rings. The zero-order valence-corrected chi connectivity index (χ0v) is 17.9. The zero-order chi connectivity index (χ0) is 22.5. The minimum absolute atomic E-state index is 0.0307. The highest BCUT2D eigenvalue weighted by molar-refractivity contribution is 6.42. The van der Waals surface area contributed by atoms with E-state index in [1.807, 2.05) is 0 Å². The van der Waals surface area contributed by atoms with E-state index in [-0.39, 0.29) is 23.1 Å². The van der Waals surface area contributed by atoms with E-state index in [1.54, 1.807) is 30.3 Å². The molecule has 0 saturated heterocycles. The van der Waals surface area contributed by atoms with Crippen LogP contribution in [0.2, 0.25) is 10.0 Å². The van der Waals surface area contributed by atoms with Crippen LogP contribution >= 0.6 is 23.2 Å². The van der Waals surface area contributed by atoms with Crippen LogP contribution in [0.5, 0.6) is 11.5 Å². The van der Waals surface area contributed by atoms with E-state index < -0.39 is 17.9 Å². The van der Waals surface area contributed by atoms with Crippen LogP contribution in [-0.2, 0) is 19.1 Å². The summed E-state index contributed by atoms with van der Waals surface area (Å²) in [5.74, 6) is -1.64. The number of aliphatic imine (C=N–C) groups is 1. The predicted octanol–water partition coefficient (Wildman–Crippen LogP) is 4.85. The molecule has 0 fully saturated rings. The zero-order valence-electron chi connectivity index (χ0n) is 16.3. The first-order valence-electron chi connectivity index (χ1n) is 8.88. The first kappa shape index (κ1) is 22.3. The summed E-state index contributed by atoms with van der Waals surface area (Å²) in [7, 11) is 0.